The second-order valence-electron chi connectivity index (χ2n) is 6.40. The Morgan fingerprint density at radius 1 is 1.12 bits per heavy atom. The molecule has 0 aliphatic carbocycles. The molecule has 2 aliphatic heterocycles. The van der Waals surface area contributed by atoms with Crippen LogP contribution < -0.4 is 0 Å². The van der Waals surface area contributed by atoms with Gasteiger partial charge in [-0.3, -0.25) is 14.4 Å². The lowest BCUT2D eigenvalue weighted by molar-refractivity contribution is -0.144. The molecule has 3 amide bonds. The summed E-state index contributed by atoms with van der Waals surface area (Å²) in [6.07, 6.45) is 1.37. The molecule has 1 atom stereocenters. The van der Waals surface area contributed by atoms with Gasteiger partial charge in [0.1, 0.15) is 0 Å². The zero-order valence-corrected chi connectivity index (χ0v) is 14.0. The summed E-state index contributed by atoms with van der Waals surface area (Å²) in [6.45, 7) is 3.90. The van der Waals surface area contributed by atoms with Crippen LogP contribution in [0.4, 0.5) is 0 Å². The molecule has 0 spiro atoms. The molecule has 2 fully saturated rings. The zero-order chi connectivity index (χ0) is 17.1. The zero-order valence-electron chi connectivity index (χ0n) is 14.0. The number of carbonyl (C=O) groups excluding carboxylic acids is 3. The minimum absolute atomic E-state index is 0.0191. The SMILES string of the molecule is CC(=O)N1CCN(C(=O)CN2CCCC2=O)C[C@H]1c1ccccc1. The number of likely N-dealkylation sites (tertiary alicyclic amines) is 1. The van der Waals surface area contributed by atoms with Crippen molar-refractivity contribution in [2.75, 3.05) is 32.7 Å². The first-order valence-electron chi connectivity index (χ1n) is 8.44. The van der Waals surface area contributed by atoms with E-state index in [0.29, 0.717) is 32.6 Å². The van der Waals surface area contributed by atoms with Crippen molar-refractivity contribution in [1.82, 2.24) is 14.7 Å². The van der Waals surface area contributed by atoms with Crippen molar-refractivity contribution in [2.45, 2.75) is 25.8 Å². The summed E-state index contributed by atoms with van der Waals surface area (Å²) in [5.41, 5.74) is 1.03. The van der Waals surface area contributed by atoms with Gasteiger partial charge in [-0.05, 0) is 12.0 Å². The number of rotatable bonds is 3. The second kappa shape index (κ2) is 7.03. The summed E-state index contributed by atoms with van der Waals surface area (Å²) < 4.78 is 0. The Balaban J connectivity index is 1.71. The molecule has 2 heterocycles. The van der Waals surface area contributed by atoms with Crippen LogP contribution in [0.25, 0.3) is 0 Å². The molecule has 0 saturated carbocycles. The van der Waals surface area contributed by atoms with Crippen LogP contribution in [0.1, 0.15) is 31.4 Å². The monoisotopic (exact) mass is 329 g/mol. The van der Waals surface area contributed by atoms with Crippen LogP contribution in [0.3, 0.4) is 0 Å². The molecule has 1 aromatic carbocycles. The molecule has 0 bridgehead atoms. The minimum Gasteiger partial charge on any atom is -0.337 e. The van der Waals surface area contributed by atoms with E-state index in [0.717, 1.165) is 12.0 Å². The summed E-state index contributed by atoms with van der Waals surface area (Å²) in [6, 6.07) is 9.66. The van der Waals surface area contributed by atoms with E-state index in [1.807, 2.05) is 35.2 Å². The van der Waals surface area contributed by atoms with Crippen LogP contribution in [-0.4, -0.2) is 65.1 Å². The molecule has 24 heavy (non-hydrogen) atoms. The highest BCUT2D eigenvalue weighted by Crippen LogP contribution is 2.25. The molecular formula is C18H23N3O3. The fourth-order valence-corrected chi connectivity index (χ4v) is 3.48. The van der Waals surface area contributed by atoms with Gasteiger partial charge in [-0.2, -0.15) is 0 Å². The van der Waals surface area contributed by atoms with Crippen LogP contribution in [0.2, 0.25) is 0 Å². The van der Waals surface area contributed by atoms with Crippen molar-refractivity contribution in [2.24, 2.45) is 0 Å². The standard InChI is InChI=1S/C18H23N3O3/c1-14(22)21-11-10-20(12-16(21)15-6-3-2-4-7-15)18(24)13-19-9-5-8-17(19)23/h2-4,6-7,16H,5,8-13H2,1H3/t16-/m0/s1. The first-order chi connectivity index (χ1) is 11.6. The number of amides is 3. The van der Waals surface area contributed by atoms with Gasteiger partial charge in [-0.15, -0.1) is 0 Å². The average molecular weight is 329 g/mol. The van der Waals surface area contributed by atoms with E-state index in [4.69, 9.17) is 0 Å². The molecule has 0 unspecified atom stereocenters. The Bertz CT molecular complexity index is 632. The highest BCUT2D eigenvalue weighted by atomic mass is 16.2. The van der Waals surface area contributed by atoms with Gasteiger partial charge in [0.25, 0.3) is 0 Å². The first-order valence-corrected chi connectivity index (χ1v) is 8.44. The van der Waals surface area contributed by atoms with E-state index in [1.165, 1.54) is 0 Å². The maximum Gasteiger partial charge on any atom is 0.242 e. The van der Waals surface area contributed by atoms with Gasteiger partial charge in [0.2, 0.25) is 17.7 Å². The lowest BCUT2D eigenvalue weighted by Gasteiger charge is -2.41. The number of benzene rings is 1. The highest BCUT2D eigenvalue weighted by molar-refractivity contribution is 5.86. The van der Waals surface area contributed by atoms with E-state index in [-0.39, 0.29) is 30.3 Å². The van der Waals surface area contributed by atoms with E-state index in [9.17, 15) is 14.4 Å². The van der Waals surface area contributed by atoms with E-state index in [1.54, 1.807) is 16.7 Å². The molecule has 3 rings (SSSR count). The van der Waals surface area contributed by atoms with Gasteiger partial charge < -0.3 is 14.7 Å². The smallest absolute Gasteiger partial charge is 0.242 e. The molecule has 0 radical (unpaired) electrons. The maximum atomic E-state index is 12.6. The summed E-state index contributed by atoms with van der Waals surface area (Å²) in [7, 11) is 0. The van der Waals surface area contributed by atoms with Gasteiger partial charge in [0.15, 0.2) is 0 Å². The molecule has 6 nitrogen and oxygen atoms in total. The van der Waals surface area contributed by atoms with Crippen molar-refractivity contribution in [3.63, 3.8) is 0 Å². The van der Waals surface area contributed by atoms with Crippen molar-refractivity contribution in [3.05, 3.63) is 35.9 Å². The van der Waals surface area contributed by atoms with Crippen LogP contribution in [0, 0.1) is 0 Å². The van der Waals surface area contributed by atoms with Crippen LogP contribution in [-0.2, 0) is 14.4 Å². The quantitative estimate of drug-likeness (QED) is 0.832. The van der Waals surface area contributed by atoms with E-state index in [2.05, 4.69) is 0 Å². The molecule has 6 heteroatoms. The predicted molar refractivity (Wildman–Crippen MR) is 89.0 cm³/mol. The molecule has 1 aromatic rings. The van der Waals surface area contributed by atoms with Crippen molar-refractivity contribution >= 4 is 17.7 Å². The first kappa shape index (κ1) is 16.5. The largest absolute Gasteiger partial charge is 0.337 e. The number of piperazine rings is 1. The Morgan fingerprint density at radius 2 is 1.88 bits per heavy atom. The third kappa shape index (κ3) is 3.42. The van der Waals surface area contributed by atoms with Crippen LogP contribution >= 0.6 is 0 Å². The number of nitrogens with zero attached hydrogens (tertiary/aromatic N) is 3. The molecule has 0 N–H and O–H groups in total. The number of hydrogen-bond donors (Lipinski definition) is 0. The topological polar surface area (TPSA) is 60.9 Å². The van der Waals surface area contributed by atoms with Gasteiger partial charge >= 0.3 is 0 Å². The van der Waals surface area contributed by atoms with E-state index >= 15 is 0 Å². The summed E-state index contributed by atoms with van der Waals surface area (Å²) in [4.78, 5) is 41.5. The summed E-state index contributed by atoms with van der Waals surface area (Å²) in [5.74, 6) is 0.0467. The molecule has 0 aromatic heterocycles. The summed E-state index contributed by atoms with van der Waals surface area (Å²) >= 11 is 0. The third-order valence-corrected chi connectivity index (χ3v) is 4.82. The van der Waals surface area contributed by atoms with Crippen molar-refractivity contribution < 1.29 is 14.4 Å². The number of hydrogen-bond acceptors (Lipinski definition) is 3. The highest BCUT2D eigenvalue weighted by Gasteiger charge is 2.33. The van der Waals surface area contributed by atoms with Gasteiger partial charge in [0, 0.05) is 39.5 Å². The van der Waals surface area contributed by atoms with Crippen LogP contribution in [0.15, 0.2) is 30.3 Å². The molecular weight excluding hydrogens is 306 g/mol. The maximum absolute atomic E-state index is 12.6. The van der Waals surface area contributed by atoms with Crippen molar-refractivity contribution in [3.8, 4) is 0 Å². The Morgan fingerprint density at radius 3 is 2.50 bits per heavy atom. The average Bonchev–Trinajstić information content (AvgIpc) is 3.00. The third-order valence-electron chi connectivity index (χ3n) is 4.82. The van der Waals surface area contributed by atoms with Gasteiger partial charge in [-0.1, -0.05) is 30.3 Å². The minimum atomic E-state index is -0.129. The Labute approximate surface area is 142 Å². The molecule has 2 saturated heterocycles. The van der Waals surface area contributed by atoms with Gasteiger partial charge in [0.05, 0.1) is 12.6 Å². The lowest BCUT2D eigenvalue weighted by Crippen LogP contribution is -2.53. The number of carbonyl (C=O) groups is 3. The fourth-order valence-electron chi connectivity index (χ4n) is 3.48. The van der Waals surface area contributed by atoms with Crippen LogP contribution in [0.5, 0.6) is 0 Å². The molecule has 128 valence electrons. The second-order valence-corrected chi connectivity index (χ2v) is 6.40. The fraction of sp³-hybridized carbons (Fsp3) is 0.500. The van der Waals surface area contributed by atoms with Gasteiger partial charge in [-0.25, -0.2) is 0 Å². The Hall–Kier alpha value is -2.37. The summed E-state index contributed by atoms with van der Waals surface area (Å²) in [5, 5.41) is 0. The predicted octanol–water partition coefficient (Wildman–Crippen LogP) is 1.04. The van der Waals surface area contributed by atoms with E-state index < -0.39 is 0 Å². The Kier molecular flexibility index (Phi) is 4.83. The normalized spacial score (nSPS) is 21.3. The molecule has 2 aliphatic rings. The lowest BCUT2D eigenvalue weighted by atomic mass is 10.0. The van der Waals surface area contributed by atoms with Crippen molar-refractivity contribution in [1.29, 1.82) is 0 Å².